The number of amides is 2. The zero-order valence-electron chi connectivity index (χ0n) is 15.9. The Hall–Kier alpha value is -3.92. The zero-order chi connectivity index (χ0) is 20.5. The van der Waals surface area contributed by atoms with Crippen molar-refractivity contribution in [2.24, 2.45) is 0 Å². The number of carbonyl (C=O) groups excluding carboxylic acids is 2. The Kier molecular flexibility index (Phi) is 6.74. The average Bonchev–Trinajstić information content (AvgIpc) is 3.16. The number of anilines is 1. The summed E-state index contributed by atoms with van der Waals surface area (Å²) in [7, 11) is 0. The summed E-state index contributed by atoms with van der Waals surface area (Å²) in [4.78, 5) is 22.9. The maximum atomic E-state index is 11.8. The minimum absolute atomic E-state index is 0.148. The van der Waals surface area contributed by atoms with Gasteiger partial charge in [-0.25, -0.2) is 0 Å². The molecule has 0 fully saturated rings. The molecule has 0 saturated heterocycles. The van der Waals surface area contributed by atoms with Crippen molar-refractivity contribution in [2.45, 2.75) is 6.92 Å². The van der Waals surface area contributed by atoms with Gasteiger partial charge in [0, 0.05) is 24.8 Å². The van der Waals surface area contributed by atoms with E-state index in [4.69, 9.17) is 14.2 Å². The van der Waals surface area contributed by atoms with E-state index in [9.17, 15) is 9.59 Å². The molecule has 0 spiro atoms. The van der Waals surface area contributed by atoms with E-state index in [0.29, 0.717) is 22.9 Å². The van der Waals surface area contributed by atoms with Crippen LogP contribution in [0.2, 0.25) is 0 Å². The van der Waals surface area contributed by atoms with Crippen molar-refractivity contribution in [3.05, 3.63) is 54.1 Å². The van der Waals surface area contributed by atoms with Crippen LogP contribution in [0.15, 0.2) is 48.5 Å². The lowest BCUT2D eigenvalue weighted by Gasteiger charge is -2.05. The summed E-state index contributed by atoms with van der Waals surface area (Å²) < 4.78 is 16.0. The zero-order valence-corrected chi connectivity index (χ0v) is 15.9. The van der Waals surface area contributed by atoms with Crippen LogP contribution in [0.25, 0.3) is 6.08 Å². The molecule has 0 unspecified atom stereocenters. The molecule has 0 radical (unpaired) electrons. The third-order valence-electron chi connectivity index (χ3n) is 3.77. The van der Waals surface area contributed by atoms with Crippen LogP contribution in [0.4, 0.5) is 5.69 Å². The van der Waals surface area contributed by atoms with E-state index in [0.717, 1.165) is 5.56 Å². The summed E-state index contributed by atoms with van der Waals surface area (Å²) in [5, 5.41) is 5.36. The van der Waals surface area contributed by atoms with Crippen LogP contribution in [0.5, 0.6) is 17.2 Å². The fourth-order valence-electron chi connectivity index (χ4n) is 2.48. The number of carbonyl (C=O) groups is 2. The van der Waals surface area contributed by atoms with Crippen molar-refractivity contribution < 1.29 is 23.8 Å². The Bertz CT molecular complexity index is 988. The lowest BCUT2D eigenvalue weighted by Crippen LogP contribution is -2.21. The van der Waals surface area contributed by atoms with Crippen molar-refractivity contribution in [2.75, 3.05) is 25.3 Å². The van der Waals surface area contributed by atoms with Gasteiger partial charge in [0.05, 0.1) is 6.54 Å². The summed E-state index contributed by atoms with van der Waals surface area (Å²) in [6, 6.07) is 12.5. The standard InChI is InChI=1S/C22H20N2O5/c1-16(25)24-18-5-4-6-19(14-18)27-12-3-2-11-23-22(26)10-8-17-7-9-20-21(13-17)29-15-28-20/h4-10,13-14H,11-12,15H2,1H3,(H,23,26)(H,24,25)/b10-8+. The smallest absolute Gasteiger partial charge is 0.244 e. The Morgan fingerprint density at radius 1 is 1.14 bits per heavy atom. The van der Waals surface area contributed by atoms with Gasteiger partial charge in [-0.2, -0.15) is 0 Å². The first-order chi connectivity index (χ1) is 14.1. The van der Waals surface area contributed by atoms with Gasteiger partial charge in [0.15, 0.2) is 11.5 Å². The van der Waals surface area contributed by atoms with E-state index in [2.05, 4.69) is 22.5 Å². The molecule has 0 atom stereocenters. The topological polar surface area (TPSA) is 85.9 Å². The van der Waals surface area contributed by atoms with Crippen LogP contribution in [-0.2, 0) is 9.59 Å². The first-order valence-corrected chi connectivity index (χ1v) is 8.92. The SMILES string of the molecule is CC(=O)Nc1cccc(OCC#CCNC(=O)/C=C/c2ccc3c(c2)OCO3)c1. The minimum atomic E-state index is -0.249. The van der Waals surface area contributed by atoms with E-state index in [1.807, 2.05) is 12.1 Å². The molecule has 7 nitrogen and oxygen atoms in total. The van der Waals surface area contributed by atoms with Crippen molar-refractivity contribution in [3.8, 4) is 29.1 Å². The molecule has 2 amide bonds. The lowest BCUT2D eigenvalue weighted by atomic mass is 10.2. The average molecular weight is 392 g/mol. The largest absolute Gasteiger partial charge is 0.481 e. The minimum Gasteiger partial charge on any atom is -0.481 e. The van der Waals surface area contributed by atoms with Crippen LogP contribution in [0.3, 0.4) is 0 Å². The molecule has 2 aromatic rings. The molecule has 148 valence electrons. The molecular weight excluding hydrogens is 372 g/mol. The highest BCUT2D eigenvalue weighted by atomic mass is 16.7. The van der Waals surface area contributed by atoms with Crippen molar-refractivity contribution in [1.29, 1.82) is 0 Å². The maximum absolute atomic E-state index is 11.8. The Labute approximate surface area is 168 Å². The van der Waals surface area contributed by atoms with E-state index in [1.54, 1.807) is 36.4 Å². The highest BCUT2D eigenvalue weighted by Crippen LogP contribution is 2.32. The first-order valence-electron chi connectivity index (χ1n) is 8.92. The molecule has 0 aliphatic carbocycles. The van der Waals surface area contributed by atoms with Gasteiger partial charge in [0.1, 0.15) is 12.4 Å². The number of rotatable bonds is 6. The highest BCUT2D eigenvalue weighted by molar-refractivity contribution is 5.92. The van der Waals surface area contributed by atoms with Gasteiger partial charge >= 0.3 is 0 Å². The molecule has 1 aliphatic heterocycles. The molecule has 3 rings (SSSR count). The van der Waals surface area contributed by atoms with E-state index in [-0.39, 0.29) is 31.8 Å². The third kappa shape index (κ3) is 6.33. The predicted molar refractivity (Wildman–Crippen MR) is 109 cm³/mol. The van der Waals surface area contributed by atoms with Gasteiger partial charge in [0.2, 0.25) is 18.6 Å². The highest BCUT2D eigenvalue weighted by Gasteiger charge is 2.12. The summed E-state index contributed by atoms with van der Waals surface area (Å²) >= 11 is 0. The molecular formula is C22H20N2O5. The molecule has 29 heavy (non-hydrogen) atoms. The molecule has 0 aromatic heterocycles. The van der Waals surface area contributed by atoms with Crippen molar-refractivity contribution in [1.82, 2.24) is 5.32 Å². The number of hydrogen-bond donors (Lipinski definition) is 2. The van der Waals surface area contributed by atoms with Gasteiger partial charge in [-0.15, -0.1) is 0 Å². The van der Waals surface area contributed by atoms with Crippen molar-refractivity contribution >= 4 is 23.6 Å². The fraction of sp³-hybridized carbons (Fsp3) is 0.182. The monoisotopic (exact) mass is 392 g/mol. The number of ether oxygens (including phenoxy) is 3. The molecule has 1 aliphatic rings. The fourth-order valence-corrected chi connectivity index (χ4v) is 2.48. The van der Waals surface area contributed by atoms with Crippen LogP contribution in [0, 0.1) is 11.8 Å². The summed E-state index contributed by atoms with van der Waals surface area (Å²) in [6.45, 7) is 2.04. The van der Waals surface area contributed by atoms with Crippen LogP contribution < -0.4 is 24.8 Å². The molecule has 0 bridgehead atoms. The van der Waals surface area contributed by atoms with Crippen molar-refractivity contribution in [3.63, 3.8) is 0 Å². The van der Waals surface area contributed by atoms with Gasteiger partial charge in [-0.3, -0.25) is 9.59 Å². The first kappa shape index (κ1) is 19.8. The third-order valence-corrected chi connectivity index (χ3v) is 3.77. The Morgan fingerprint density at radius 2 is 2.00 bits per heavy atom. The number of hydrogen-bond acceptors (Lipinski definition) is 5. The second-order valence-electron chi connectivity index (χ2n) is 6.02. The summed E-state index contributed by atoms with van der Waals surface area (Å²) in [6.07, 6.45) is 3.12. The molecule has 1 heterocycles. The lowest BCUT2D eigenvalue weighted by molar-refractivity contribution is -0.116. The van der Waals surface area contributed by atoms with E-state index < -0.39 is 0 Å². The number of benzene rings is 2. The van der Waals surface area contributed by atoms with Crippen LogP contribution in [-0.4, -0.2) is 31.8 Å². The van der Waals surface area contributed by atoms with E-state index >= 15 is 0 Å². The van der Waals surface area contributed by atoms with Crippen LogP contribution >= 0.6 is 0 Å². The molecule has 7 heteroatoms. The van der Waals surface area contributed by atoms with Gasteiger partial charge in [-0.1, -0.05) is 24.0 Å². The Balaban J connectivity index is 1.39. The van der Waals surface area contributed by atoms with Gasteiger partial charge in [-0.05, 0) is 35.9 Å². The maximum Gasteiger partial charge on any atom is 0.244 e. The summed E-state index contributed by atoms with van der Waals surface area (Å²) in [5.41, 5.74) is 1.50. The predicted octanol–water partition coefficient (Wildman–Crippen LogP) is 2.59. The number of fused-ring (bicyclic) bond motifs is 1. The van der Waals surface area contributed by atoms with Gasteiger partial charge in [0.25, 0.3) is 0 Å². The van der Waals surface area contributed by atoms with Crippen LogP contribution in [0.1, 0.15) is 12.5 Å². The van der Waals surface area contributed by atoms with Gasteiger partial charge < -0.3 is 24.8 Å². The summed E-state index contributed by atoms with van der Waals surface area (Å²) in [5.74, 6) is 7.21. The molecule has 0 saturated carbocycles. The second-order valence-corrected chi connectivity index (χ2v) is 6.02. The second kappa shape index (κ2) is 9.85. The number of nitrogens with one attached hydrogen (secondary N) is 2. The normalized spacial score (nSPS) is 11.5. The quantitative estimate of drug-likeness (QED) is 0.583. The Morgan fingerprint density at radius 3 is 2.86 bits per heavy atom. The molecule has 2 N–H and O–H groups in total. The molecule has 2 aromatic carbocycles. The van der Waals surface area contributed by atoms with E-state index in [1.165, 1.54) is 13.0 Å².